The van der Waals surface area contributed by atoms with Crippen LogP contribution in [-0.4, -0.2) is 3.26 Å². The van der Waals surface area contributed by atoms with Gasteiger partial charge in [0, 0.05) is 0 Å². The van der Waals surface area contributed by atoms with Crippen molar-refractivity contribution in [3.63, 3.8) is 0 Å². The largest absolute Gasteiger partial charge is 0.147 e. The topological polar surface area (TPSA) is 0 Å². The first-order valence-corrected chi connectivity index (χ1v) is 13.9. The molecule has 0 N–H and O–H groups in total. The predicted molar refractivity (Wildman–Crippen MR) is 107 cm³/mol. The molecule has 2 unspecified atom stereocenters. The summed E-state index contributed by atoms with van der Waals surface area (Å²) in [4.78, 5) is 0. The minimum absolute atomic E-state index is 0. The Kier molecular flexibility index (Phi) is 6.59. The Morgan fingerprint density at radius 3 is 1.54 bits per heavy atom. The van der Waals surface area contributed by atoms with Gasteiger partial charge >= 0.3 is 140 Å². The third kappa shape index (κ3) is 3.31. The molecule has 0 heterocycles. The molecule has 0 aliphatic heterocycles. The van der Waals surface area contributed by atoms with E-state index in [0.29, 0.717) is 7.35 Å². The molecule has 124 valence electrons. The van der Waals surface area contributed by atoms with Gasteiger partial charge in [0.15, 0.2) is 0 Å². The van der Waals surface area contributed by atoms with Crippen LogP contribution in [0.3, 0.4) is 0 Å². The van der Waals surface area contributed by atoms with E-state index in [9.17, 15) is 0 Å². The van der Waals surface area contributed by atoms with Crippen molar-refractivity contribution in [3.8, 4) is 0 Å². The number of fused-ring (bicyclic) bond motifs is 2. The number of benzene rings is 2. The van der Waals surface area contributed by atoms with Gasteiger partial charge in [-0.25, -0.2) is 0 Å². The molecule has 4 rings (SSSR count). The van der Waals surface area contributed by atoms with Crippen LogP contribution in [0, 0.1) is 0 Å². The summed E-state index contributed by atoms with van der Waals surface area (Å²) in [6.45, 7) is 4.76. The Hall–Kier alpha value is -0.760. The molecule has 24 heavy (non-hydrogen) atoms. The van der Waals surface area contributed by atoms with E-state index in [1.54, 1.807) is 14.4 Å². The minimum Gasteiger partial charge on any atom is -0.147 e. The van der Waals surface area contributed by atoms with Crippen molar-refractivity contribution in [1.29, 1.82) is 0 Å². The third-order valence-corrected chi connectivity index (χ3v) is 17.4. The second kappa shape index (κ2) is 8.08. The summed E-state index contributed by atoms with van der Waals surface area (Å²) in [5.74, 6) is 0. The molecule has 0 amide bonds. The minimum atomic E-state index is -2.03. The van der Waals surface area contributed by atoms with Crippen molar-refractivity contribution in [1.82, 2.24) is 0 Å². The summed E-state index contributed by atoms with van der Waals surface area (Å²) >= 11 is -2.03. The molecule has 2 aliphatic rings. The van der Waals surface area contributed by atoms with Crippen LogP contribution in [0.1, 0.15) is 43.5 Å². The molecule has 0 saturated heterocycles. The quantitative estimate of drug-likeness (QED) is 0.412. The fraction of sp³-hybridized carbons (Fsp3) is 0.190. The van der Waals surface area contributed by atoms with Crippen molar-refractivity contribution in [2.45, 2.75) is 21.2 Å². The zero-order valence-corrected chi connectivity index (χ0v) is 19.1. The van der Waals surface area contributed by atoms with Crippen LogP contribution in [0.4, 0.5) is 0 Å². The van der Waals surface area contributed by atoms with Gasteiger partial charge in [-0.1, -0.05) is 0 Å². The molecule has 0 aromatic heterocycles. The van der Waals surface area contributed by atoms with Crippen molar-refractivity contribution < 1.29 is 21.0 Å². The Balaban J connectivity index is 0.00000104. The first-order valence-electron chi connectivity index (χ1n) is 7.97. The van der Waals surface area contributed by atoms with Gasteiger partial charge in [-0.3, -0.25) is 0 Å². The smallest absolute Gasteiger partial charge is 0.147 e. The number of hydrogen-bond acceptors (Lipinski definition) is 0. The molecule has 2 aromatic carbocycles. The zero-order chi connectivity index (χ0) is 15.1. The molecule has 3 heteroatoms. The molecule has 0 saturated carbocycles. The SMILES string of the molecule is C[C](C)=[Hf]([CH]1C=Cc2ccccc21)[CH]1C=Cc2ccccc21.Cl.Cl. The second-order valence-electron chi connectivity index (χ2n) is 6.39. The molecular formula is C21H22Cl2Hf. The molecule has 2 atom stereocenters. The molecular weight excluding hydrogens is 502 g/mol. The first-order chi connectivity index (χ1) is 10.8. The van der Waals surface area contributed by atoms with Crippen LogP contribution >= 0.6 is 24.8 Å². The average molecular weight is 524 g/mol. The van der Waals surface area contributed by atoms with Crippen molar-refractivity contribution in [2.75, 3.05) is 0 Å². The summed E-state index contributed by atoms with van der Waals surface area (Å²) < 4.78 is 3.13. The van der Waals surface area contributed by atoms with Gasteiger partial charge in [-0.2, -0.15) is 0 Å². The number of hydrogen-bond donors (Lipinski definition) is 0. The maximum absolute atomic E-state index is 2.49. The van der Waals surface area contributed by atoms with Crippen molar-refractivity contribution in [2.24, 2.45) is 0 Å². The van der Waals surface area contributed by atoms with Gasteiger partial charge in [0.25, 0.3) is 0 Å². The van der Waals surface area contributed by atoms with E-state index in [1.807, 2.05) is 0 Å². The Bertz CT molecular complexity index is 766. The van der Waals surface area contributed by atoms with E-state index in [-0.39, 0.29) is 24.8 Å². The monoisotopic (exact) mass is 524 g/mol. The fourth-order valence-electron chi connectivity index (χ4n) is 3.86. The standard InChI is InChI=1S/2C9H7.C3H6.2ClH.Hf/c2*1-2-5-9-7-3-6-8(9)4-1;1-3-2;;;/h2*1-7H;1-2H3;2*1H;. The molecule has 0 radical (unpaired) electrons. The van der Waals surface area contributed by atoms with E-state index in [2.05, 4.69) is 86.7 Å². The first kappa shape index (κ1) is 19.6. The van der Waals surface area contributed by atoms with Gasteiger partial charge in [-0.05, 0) is 0 Å². The van der Waals surface area contributed by atoms with E-state index in [4.69, 9.17) is 0 Å². The van der Waals surface area contributed by atoms with Gasteiger partial charge < -0.3 is 0 Å². The number of allylic oxidation sites excluding steroid dienone is 2. The predicted octanol–water partition coefficient (Wildman–Crippen LogP) is 6.20. The van der Waals surface area contributed by atoms with Gasteiger partial charge in [-0.15, -0.1) is 24.8 Å². The van der Waals surface area contributed by atoms with Crippen molar-refractivity contribution >= 4 is 40.2 Å². The summed E-state index contributed by atoms with van der Waals surface area (Å²) in [7, 11) is 0. The van der Waals surface area contributed by atoms with Gasteiger partial charge in [0.05, 0.1) is 0 Å². The maximum atomic E-state index is 2.49. The number of halogens is 2. The summed E-state index contributed by atoms with van der Waals surface area (Å²) in [6, 6.07) is 17.9. The fourth-order valence-corrected chi connectivity index (χ4v) is 16.2. The Labute approximate surface area is 164 Å². The van der Waals surface area contributed by atoms with E-state index < -0.39 is 21.0 Å². The second-order valence-corrected chi connectivity index (χ2v) is 17.7. The molecule has 0 fully saturated rings. The summed E-state index contributed by atoms with van der Waals surface area (Å²) in [5, 5.41) is 0. The van der Waals surface area contributed by atoms with Gasteiger partial charge in [0.1, 0.15) is 0 Å². The van der Waals surface area contributed by atoms with Crippen LogP contribution in [0.25, 0.3) is 12.2 Å². The maximum Gasteiger partial charge on any atom is -0.147 e. The van der Waals surface area contributed by atoms with Crippen LogP contribution in [-0.2, 0) is 21.0 Å². The molecule has 0 nitrogen and oxygen atoms in total. The number of rotatable bonds is 2. The average Bonchev–Trinajstić information content (AvgIpc) is 3.13. The van der Waals surface area contributed by atoms with Gasteiger partial charge in [0.2, 0.25) is 0 Å². The normalized spacial score (nSPS) is 19.1. The van der Waals surface area contributed by atoms with Crippen LogP contribution < -0.4 is 0 Å². The zero-order valence-electron chi connectivity index (χ0n) is 13.9. The molecule has 0 spiro atoms. The van der Waals surface area contributed by atoms with E-state index >= 15 is 0 Å². The Morgan fingerprint density at radius 1 is 0.708 bits per heavy atom. The summed E-state index contributed by atoms with van der Waals surface area (Å²) in [6.07, 6.45) is 9.68. The molecule has 2 aromatic rings. The summed E-state index contributed by atoms with van der Waals surface area (Å²) in [5.41, 5.74) is 6.02. The van der Waals surface area contributed by atoms with Crippen LogP contribution in [0.15, 0.2) is 60.7 Å². The van der Waals surface area contributed by atoms with Crippen molar-refractivity contribution in [3.05, 3.63) is 82.9 Å². The van der Waals surface area contributed by atoms with E-state index in [0.717, 1.165) is 0 Å². The molecule has 0 bridgehead atoms. The van der Waals surface area contributed by atoms with E-state index in [1.165, 1.54) is 11.1 Å². The third-order valence-electron chi connectivity index (χ3n) is 4.85. The van der Waals surface area contributed by atoms with Crippen LogP contribution in [0.5, 0.6) is 0 Å². The Morgan fingerprint density at radius 2 is 1.12 bits per heavy atom. The molecule has 2 aliphatic carbocycles. The van der Waals surface area contributed by atoms with Crippen LogP contribution in [0.2, 0.25) is 0 Å².